The summed E-state index contributed by atoms with van der Waals surface area (Å²) in [5.74, 6) is -1.61. The fourth-order valence-corrected chi connectivity index (χ4v) is 1.01. The second-order valence-electron chi connectivity index (χ2n) is 3.13. The van der Waals surface area contributed by atoms with E-state index in [1.165, 1.54) is 31.3 Å². The molecule has 0 fully saturated rings. The number of hydrogen-bond acceptors (Lipinski definition) is 3. The number of hydroxylamine groups is 1. The minimum Gasteiger partial charge on any atom is -0.479 e. The van der Waals surface area contributed by atoms with Gasteiger partial charge in [-0.1, -0.05) is 0 Å². The quantitative estimate of drug-likeness (QED) is 0.771. The molecule has 6 nitrogen and oxygen atoms in total. The molecule has 2 amide bonds. The lowest BCUT2D eigenvalue weighted by molar-refractivity contribution is -0.143. The van der Waals surface area contributed by atoms with Gasteiger partial charge in [0.25, 0.3) is 0 Å². The van der Waals surface area contributed by atoms with E-state index in [0.29, 0.717) is 5.69 Å². The number of carbonyl (C=O) groups is 2. The Labute approximate surface area is 96.6 Å². The van der Waals surface area contributed by atoms with Crippen molar-refractivity contribution in [2.24, 2.45) is 0 Å². The number of benzene rings is 1. The van der Waals surface area contributed by atoms with Gasteiger partial charge in [0.1, 0.15) is 5.82 Å². The Kier molecular flexibility index (Phi) is 4.41. The molecule has 17 heavy (non-hydrogen) atoms. The molecular weight excluding hydrogens is 231 g/mol. The largest absolute Gasteiger partial charge is 0.479 e. The van der Waals surface area contributed by atoms with Crippen LogP contribution in [0, 0.1) is 5.82 Å². The summed E-state index contributed by atoms with van der Waals surface area (Å²) >= 11 is 0. The van der Waals surface area contributed by atoms with E-state index in [-0.39, 0.29) is 0 Å². The zero-order valence-electron chi connectivity index (χ0n) is 9.01. The first-order chi connectivity index (χ1) is 8.00. The highest BCUT2D eigenvalue weighted by atomic mass is 19.1. The molecule has 2 N–H and O–H groups in total. The van der Waals surface area contributed by atoms with Crippen LogP contribution in [0.15, 0.2) is 24.3 Å². The first-order valence-corrected chi connectivity index (χ1v) is 4.63. The van der Waals surface area contributed by atoms with Crippen molar-refractivity contribution in [1.82, 2.24) is 5.48 Å². The van der Waals surface area contributed by atoms with Crippen LogP contribution in [-0.4, -0.2) is 30.8 Å². The molecule has 7 heteroatoms. The van der Waals surface area contributed by atoms with Crippen LogP contribution in [-0.2, 0) is 9.63 Å². The van der Waals surface area contributed by atoms with Crippen LogP contribution in [0.1, 0.15) is 0 Å². The monoisotopic (exact) mass is 242 g/mol. The lowest BCUT2D eigenvalue weighted by Crippen LogP contribution is -2.38. The van der Waals surface area contributed by atoms with E-state index in [1.807, 2.05) is 5.48 Å². The SMILES string of the molecule is CN(C(=O)NOCC(=O)O)c1ccc(F)cc1. The maximum atomic E-state index is 12.6. The van der Waals surface area contributed by atoms with Crippen molar-refractivity contribution in [3.63, 3.8) is 0 Å². The lowest BCUT2D eigenvalue weighted by Gasteiger charge is -2.17. The van der Waals surface area contributed by atoms with Crippen molar-refractivity contribution in [2.75, 3.05) is 18.6 Å². The van der Waals surface area contributed by atoms with Crippen LogP contribution in [0.25, 0.3) is 0 Å². The molecule has 0 saturated carbocycles. The average Bonchev–Trinajstić information content (AvgIpc) is 2.28. The molecule has 0 radical (unpaired) electrons. The molecule has 0 heterocycles. The topological polar surface area (TPSA) is 78.9 Å². The maximum Gasteiger partial charge on any atom is 0.345 e. The molecule has 0 atom stereocenters. The van der Waals surface area contributed by atoms with Gasteiger partial charge in [-0.15, -0.1) is 0 Å². The van der Waals surface area contributed by atoms with Gasteiger partial charge < -0.3 is 5.11 Å². The summed E-state index contributed by atoms with van der Waals surface area (Å²) in [7, 11) is 1.44. The zero-order chi connectivity index (χ0) is 12.8. The highest BCUT2D eigenvalue weighted by Crippen LogP contribution is 2.12. The van der Waals surface area contributed by atoms with E-state index in [9.17, 15) is 14.0 Å². The molecule has 0 aliphatic carbocycles. The van der Waals surface area contributed by atoms with E-state index in [0.717, 1.165) is 4.90 Å². The van der Waals surface area contributed by atoms with Crippen molar-refractivity contribution in [3.8, 4) is 0 Å². The van der Waals surface area contributed by atoms with Gasteiger partial charge in [-0.25, -0.2) is 19.5 Å². The summed E-state index contributed by atoms with van der Waals surface area (Å²) in [5, 5.41) is 8.28. The predicted octanol–water partition coefficient (Wildman–Crippen LogP) is 0.988. The zero-order valence-corrected chi connectivity index (χ0v) is 9.01. The Morgan fingerprint density at radius 2 is 2.00 bits per heavy atom. The number of anilines is 1. The van der Waals surface area contributed by atoms with Crippen LogP contribution >= 0.6 is 0 Å². The van der Waals surface area contributed by atoms with Crippen LogP contribution in [0.5, 0.6) is 0 Å². The van der Waals surface area contributed by atoms with E-state index in [4.69, 9.17) is 5.11 Å². The first kappa shape index (κ1) is 12.9. The smallest absolute Gasteiger partial charge is 0.345 e. The van der Waals surface area contributed by atoms with Gasteiger partial charge in [0.05, 0.1) is 0 Å². The van der Waals surface area contributed by atoms with E-state index in [2.05, 4.69) is 4.84 Å². The summed E-state index contributed by atoms with van der Waals surface area (Å²) in [6.45, 7) is -0.636. The number of carboxylic acid groups (broad SMARTS) is 1. The van der Waals surface area contributed by atoms with Crippen molar-refractivity contribution >= 4 is 17.7 Å². The maximum absolute atomic E-state index is 12.6. The molecule has 1 aromatic rings. The molecule has 0 spiro atoms. The summed E-state index contributed by atoms with van der Waals surface area (Å²) < 4.78 is 12.6. The van der Waals surface area contributed by atoms with Crippen LogP contribution < -0.4 is 10.4 Å². The number of halogens is 1. The Bertz CT molecular complexity index is 407. The summed E-state index contributed by atoms with van der Waals surface area (Å²) in [6, 6.07) is 4.57. The number of nitrogens with zero attached hydrogens (tertiary/aromatic N) is 1. The molecule has 0 unspecified atom stereocenters. The van der Waals surface area contributed by atoms with Crippen LogP contribution in [0.2, 0.25) is 0 Å². The number of urea groups is 1. The molecule has 1 aromatic carbocycles. The van der Waals surface area contributed by atoms with Gasteiger partial charge in [0, 0.05) is 12.7 Å². The summed E-state index contributed by atoms with van der Waals surface area (Å²) in [4.78, 5) is 27.1. The standard InChI is InChI=1S/C10H11FN2O4/c1-13(8-4-2-7(11)3-5-8)10(16)12-17-6-9(14)15/h2-5H,6H2,1H3,(H,12,16)(H,14,15). The Morgan fingerprint density at radius 1 is 1.41 bits per heavy atom. The van der Waals surface area contributed by atoms with Crippen molar-refractivity contribution < 1.29 is 23.9 Å². The number of hydrogen-bond donors (Lipinski definition) is 2. The number of carbonyl (C=O) groups excluding carboxylic acids is 1. The van der Waals surface area contributed by atoms with Crippen LogP contribution in [0.4, 0.5) is 14.9 Å². The fraction of sp³-hybridized carbons (Fsp3) is 0.200. The van der Waals surface area contributed by atoms with E-state index < -0.39 is 24.4 Å². The molecule has 0 aliphatic rings. The Balaban J connectivity index is 2.51. The second-order valence-corrected chi connectivity index (χ2v) is 3.13. The number of amides is 2. The fourth-order valence-electron chi connectivity index (χ4n) is 1.01. The van der Waals surface area contributed by atoms with Gasteiger partial charge in [0.2, 0.25) is 0 Å². The Hall–Kier alpha value is -2.15. The molecule has 92 valence electrons. The third-order valence-corrected chi connectivity index (χ3v) is 1.87. The van der Waals surface area contributed by atoms with E-state index >= 15 is 0 Å². The van der Waals surface area contributed by atoms with Gasteiger partial charge in [0.15, 0.2) is 6.61 Å². The normalized spacial score (nSPS) is 9.76. The molecule has 0 aromatic heterocycles. The Morgan fingerprint density at radius 3 is 2.53 bits per heavy atom. The van der Waals surface area contributed by atoms with Gasteiger partial charge >= 0.3 is 12.0 Å². The molecule has 1 rings (SSSR count). The number of nitrogens with one attached hydrogen (secondary N) is 1. The summed E-state index contributed by atoms with van der Waals surface area (Å²) in [5.41, 5.74) is 2.39. The minimum atomic E-state index is -1.20. The van der Waals surface area contributed by atoms with Crippen molar-refractivity contribution in [3.05, 3.63) is 30.1 Å². The number of rotatable bonds is 4. The highest BCUT2D eigenvalue weighted by molar-refractivity contribution is 5.90. The van der Waals surface area contributed by atoms with Gasteiger partial charge in [-0.2, -0.15) is 0 Å². The molecule has 0 saturated heterocycles. The lowest BCUT2D eigenvalue weighted by atomic mass is 10.3. The third-order valence-electron chi connectivity index (χ3n) is 1.87. The van der Waals surface area contributed by atoms with Gasteiger partial charge in [-0.3, -0.25) is 9.74 Å². The average molecular weight is 242 g/mol. The molecular formula is C10H11FN2O4. The predicted molar refractivity (Wildman–Crippen MR) is 56.9 cm³/mol. The summed E-state index contributed by atoms with van der Waals surface area (Å²) in [6.07, 6.45) is 0. The van der Waals surface area contributed by atoms with E-state index in [1.54, 1.807) is 0 Å². The second kappa shape index (κ2) is 5.80. The first-order valence-electron chi connectivity index (χ1n) is 4.63. The van der Waals surface area contributed by atoms with Gasteiger partial charge in [-0.05, 0) is 24.3 Å². The minimum absolute atomic E-state index is 0.412. The third kappa shape index (κ3) is 4.07. The van der Waals surface area contributed by atoms with Crippen LogP contribution in [0.3, 0.4) is 0 Å². The number of aliphatic carboxylic acids is 1. The van der Waals surface area contributed by atoms with Crippen molar-refractivity contribution in [1.29, 1.82) is 0 Å². The highest BCUT2D eigenvalue weighted by Gasteiger charge is 2.11. The molecule has 0 aliphatic heterocycles. The van der Waals surface area contributed by atoms with Crippen molar-refractivity contribution in [2.45, 2.75) is 0 Å². The number of carboxylic acids is 1. The molecule has 0 bridgehead atoms.